The van der Waals surface area contributed by atoms with Crippen LogP contribution in [0.1, 0.15) is 44.4 Å². The van der Waals surface area contributed by atoms with E-state index in [9.17, 15) is 4.79 Å². The van der Waals surface area contributed by atoms with Gasteiger partial charge in [-0.15, -0.1) is 11.3 Å². The molecule has 0 fully saturated rings. The Hall–Kier alpha value is -1.56. The van der Waals surface area contributed by atoms with Gasteiger partial charge in [0.15, 0.2) is 5.96 Å². The summed E-state index contributed by atoms with van der Waals surface area (Å²) in [7, 11) is 0. The molecule has 0 radical (unpaired) electrons. The van der Waals surface area contributed by atoms with Gasteiger partial charge < -0.3 is 16.0 Å². The first-order valence-corrected chi connectivity index (χ1v) is 9.48. The smallest absolute Gasteiger partial charge is 0.227 e. The fourth-order valence-electron chi connectivity index (χ4n) is 2.25. The zero-order chi connectivity index (χ0) is 18.2. The van der Waals surface area contributed by atoms with Gasteiger partial charge in [0.1, 0.15) is 0 Å². The molecule has 0 aliphatic rings. The molecule has 0 aliphatic heterocycles. The number of carbonyl (C=O) groups is 1. The summed E-state index contributed by atoms with van der Waals surface area (Å²) in [4.78, 5) is 19.4. The van der Waals surface area contributed by atoms with Gasteiger partial charge in [0.05, 0.1) is 12.0 Å². The van der Waals surface area contributed by atoms with Crippen molar-refractivity contribution in [1.82, 2.24) is 16.0 Å². The second-order valence-electron chi connectivity index (χ2n) is 6.70. The summed E-state index contributed by atoms with van der Waals surface area (Å²) in [5.74, 6) is 0.794. The van der Waals surface area contributed by atoms with Crippen molar-refractivity contribution in [2.24, 2.45) is 10.4 Å². The van der Waals surface area contributed by atoms with Crippen LogP contribution < -0.4 is 16.0 Å². The molecule has 24 heavy (non-hydrogen) atoms. The number of carbonyl (C=O) groups excluding carboxylic acids is 1. The van der Waals surface area contributed by atoms with E-state index in [1.54, 1.807) is 0 Å². The Balaban J connectivity index is 2.65. The summed E-state index contributed by atoms with van der Waals surface area (Å²) >= 11 is 1.83. The predicted molar refractivity (Wildman–Crippen MR) is 104 cm³/mol. The zero-order valence-electron chi connectivity index (χ0n) is 15.8. The Bertz CT molecular complexity index is 551. The Morgan fingerprint density at radius 1 is 1.25 bits per heavy atom. The van der Waals surface area contributed by atoms with Crippen LogP contribution in [0.3, 0.4) is 0 Å². The Labute approximate surface area is 150 Å². The molecular formula is C18H32N4OS. The molecule has 136 valence electrons. The van der Waals surface area contributed by atoms with Crippen LogP contribution in [0.2, 0.25) is 0 Å². The minimum absolute atomic E-state index is 0.0340. The number of guanidine groups is 1. The molecule has 0 aliphatic carbocycles. The summed E-state index contributed by atoms with van der Waals surface area (Å²) in [6.07, 6.45) is 0.961. The number of amides is 1. The standard InChI is InChI=1S/C18H32N4OS/c1-7-19-16(23)18(5,6)12-21-17(20-8-2)22-13(3)11-15-10-9-14(4)24-15/h9-10,13H,7-8,11-12H2,1-6H3,(H,19,23)(H2,20,21,22). The molecule has 0 bridgehead atoms. The van der Waals surface area contributed by atoms with Crippen molar-refractivity contribution < 1.29 is 4.79 Å². The van der Waals surface area contributed by atoms with E-state index in [-0.39, 0.29) is 11.9 Å². The lowest BCUT2D eigenvalue weighted by molar-refractivity contribution is -0.128. The second-order valence-corrected chi connectivity index (χ2v) is 8.07. The van der Waals surface area contributed by atoms with Crippen molar-refractivity contribution in [3.05, 3.63) is 21.9 Å². The number of rotatable bonds is 8. The highest BCUT2D eigenvalue weighted by atomic mass is 32.1. The van der Waals surface area contributed by atoms with Crippen LogP contribution in [0.25, 0.3) is 0 Å². The molecule has 1 amide bonds. The summed E-state index contributed by atoms with van der Waals surface area (Å²) in [5, 5.41) is 9.56. The SMILES string of the molecule is CCNC(=O)C(C)(C)CN=C(NCC)NC(C)Cc1ccc(C)s1. The molecule has 1 aromatic heterocycles. The van der Waals surface area contributed by atoms with Crippen LogP contribution >= 0.6 is 11.3 Å². The number of aliphatic imine (C=N–C) groups is 1. The van der Waals surface area contributed by atoms with E-state index in [0.717, 1.165) is 18.9 Å². The molecule has 1 unspecified atom stereocenters. The fraction of sp³-hybridized carbons (Fsp3) is 0.667. The van der Waals surface area contributed by atoms with E-state index < -0.39 is 5.41 Å². The van der Waals surface area contributed by atoms with Gasteiger partial charge in [0, 0.05) is 35.3 Å². The van der Waals surface area contributed by atoms with Gasteiger partial charge in [-0.2, -0.15) is 0 Å². The predicted octanol–water partition coefficient (Wildman–Crippen LogP) is 2.70. The molecule has 0 spiro atoms. The van der Waals surface area contributed by atoms with Gasteiger partial charge in [-0.3, -0.25) is 9.79 Å². The van der Waals surface area contributed by atoms with Crippen molar-refractivity contribution >= 4 is 23.2 Å². The molecule has 3 N–H and O–H groups in total. The van der Waals surface area contributed by atoms with Gasteiger partial charge in [-0.25, -0.2) is 0 Å². The number of aryl methyl sites for hydroxylation is 1. The maximum atomic E-state index is 12.1. The highest BCUT2D eigenvalue weighted by Gasteiger charge is 2.27. The largest absolute Gasteiger partial charge is 0.357 e. The van der Waals surface area contributed by atoms with E-state index in [1.807, 2.05) is 39.0 Å². The fourth-order valence-corrected chi connectivity index (χ4v) is 3.27. The number of thiophene rings is 1. The molecule has 1 heterocycles. The normalized spacial score (nSPS) is 13.5. The topological polar surface area (TPSA) is 65.5 Å². The number of nitrogens with zero attached hydrogens (tertiary/aromatic N) is 1. The van der Waals surface area contributed by atoms with Gasteiger partial charge in [0.2, 0.25) is 5.91 Å². The van der Waals surface area contributed by atoms with Crippen LogP contribution in [-0.2, 0) is 11.2 Å². The van der Waals surface area contributed by atoms with Gasteiger partial charge in [-0.1, -0.05) is 0 Å². The van der Waals surface area contributed by atoms with Crippen molar-refractivity contribution in [3.63, 3.8) is 0 Å². The maximum Gasteiger partial charge on any atom is 0.227 e. The highest BCUT2D eigenvalue weighted by molar-refractivity contribution is 7.11. The zero-order valence-corrected chi connectivity index (χ0v) is 16.6. The Morgan fingerprint density at radius 3 is 2.46 bits per heavy atom. The van der Waals surface area contributed by atoms with Gasteiger partial charge in [0.25, 0.3) is 0 Å². The Morgan fingerprint density at radius 2 is 1.92 bits per heavy atom. The van der Waals surface area contributed by atoms with Gasteiger partial charge in [-0.05, 0) is 53.7 Å². The van der Waals surface area contributed by atoms with Gasteiger partial charge >= 0.3 is 0 Å². The average Bonchev–Trinajstić information content (AvgIpc) is 2.90. The lowest BCUT2D eigenvalue weighted by Gasteiger charge is -2.23. The summed E-state index contributed by atoms with van der Waals surface area (Å²) in [6.45, 7) is 14.0. The summed E-state index contributed by atoms with van der Waals surface area (Å²) in [5.41, 5.74) is -0.521. The Kier molecular flexibility index (Phi) is 8.25. The third-order valence-corrected chi connectivity index (χ3v) is 4.64. The van der Waals surface area contributed by atoms with Crippen LogP contribution in [-0.4, -0.2) is 37.5 Å². The second kappa shape index (κ2) is 9.67. The third-order valence-electron chi connectivity index (χ3n) is 3.62. The molecule has 0 saturated carbocycles. The molecule has 6 heteroatoms. The highest BCUT2D eigenvalue weighted by Crippen LogP contribution is 2.17. The lowest BCUT2D eigenvalue weighted by Crippen LogP contribution is -2.44. The third kappa shape index (κ3) is 6.91. The van der Waals surface area contributed by atoms with Crippen molar-refractivity contribution in [1.29, 1.82) is 0 Å². The minimum atomic E-state index is -0.521. The first kappa shape index (κ1) is 20.5. The number of hydrogen-bond acceptors (Lipinski definition) is 3. The van der Waals surface area contributed by atoms with E-state index in [4.69, 9.17) is 0 Å². The van der Waals surface area contributed by atoms with E-state index in [1.165, 1.54) is 9.75 Å². The quantitative estimate of drug-likeness (QED) is 0.498. The van der Waals surface area contributed by atoms with Crippen LogP contribution in [0.5, 0.6) is 0 Å². The number of hydrogen-bond donors (Lipinski definition) is 3. The lowest BCUT2D eigenvalue weighted by atomic mass is 9.92. The van der Waals surface area contributed by atoms with Crippen molar-refractivity contribution in [2.45, 2.75) is 54.0 Å². The van der Waals surface area contributed by atoms with E-state index in [0.29, 0.717) is 13.1 Å². The van der Waals surface area contributed by atoms with E-state index >= 15 is 0 Å². The van der Waals surface area contributed by atoms with Crippen LogP contribution in [0, 0.1) is 12.3 Å². The maximum absolute atomic E-state index is 12.1. The first-order chi connectivity index (χ1) is 11.3. The molecular weight excluding hydrogens is 320 g/mol. The molecule has 0 aromatic carbocycles. The van der Waals surface area contributed by atoms with E-state index in [2.05, 4.69) is 46.9 Å². The average molecular weight is 353 g/mol. The molecule has 1 aromatic rings. The molecule has 1 rings (SSSR count). The first-order valence-electron chi connectivity index (χ1n) is 8.67. The monoisotopic (exact) mass is 352 g/mol. The summed E-state index contributed by atoms with van der Waals surface area (Å²) in [6, 6.07) is 4.61. The van der Waals surface area contributed by atoms with Crippen molar-refractivity contribution in [2.75, 3.05) is 19.6 Å². The summed E-state index contributed by atoms with van der Waals surface area (Å²) < 4.78 is 0. The molecule has 1 atom stereocenters. The molecule has 0 saturated heterocycles. The van der Waals surface area contributed by atoms with Crippen molar-refractivity contribution in [3.8, 4) is 0 Å². The minimum Gasteiger partial charge on any atom is -0.357 e. The van der Waals surface area contributed by atoms with Crippen LogP contribution in [0.4, 0.5) is 0 Å². The molecule has 5 nitrogen and oxygen atoms in total. The number of nitrogens with one attached hydrogen (secondary N) is 3. The van der Waals surface area contributed by atoms with Crippen LogP contribution in [0.15, 0.2) is 17.1 Å².